The summed E-state index contributed by atoms with van der Waals surface area (Å²) in [4.78, 5) is 16.9. The van der Waals surface area contributed by atoms with Crippen LogP contribution in [0.1, 0.15) is 36.8 Å². The van der Waals surface area contributed by atoms with Crippen molar-refractivity contribution in [3.8, 4) is 5.82 Å². The predicted octanol–water partition coefficient (Wildman–Crippen LogP) is 4.72. The summed E-state index contributed by atoms with van der Waals surface area (Å²) in [5, 5.41) is 7.32. The molecule has 1 N–H and O–H groups in total. The fraction of sp³-hybridized carbons (Fsp3) is 0.211. The molecular formula is C19H18BrFN4O. The van der Waals surface area contributed by atoms with Crippen molar-refractivity contribution in [1.82, 2.24) is 14.8 Å². The second kappa shape index (κ2) is 6.99. The van der Waals surface area contributed by atoms with Gasteiger partial charge >= 0.3 is 0 Å². The van der Waals surface area contributed by atoms with Crippen molar-refractivity contribution in [2.24, 2.45) is 0 Å². The van der Waals surface area contributed by atoms with Crippen LogP contribution in [0.3, 0.4) is 0 Å². The first-order valence-electron chi connectivity index (χ1n) is 8.04. The molecule has 134 valence electrons. The Morgan fingerprint density at radius 2 is 1.96 bits per heavy atom. The molecule has 0 spiro atoms. The minimum Gasteiger partial charge on any atom is -0.306 e. The van der Waals surface area contributed by atoms with Gasteiger partial charge in [-0.15, -0.1) is 0 Å². The van der Waals surface area contributed by atoms with Crippen LogP contribution in [0.5, 0.6) is 0 Å². The number of benzene rings is 1. The molecule has 0 atom stereocenters. The number of aromatic nitrogens is 3. The van der Waals surface area contributed by atoms with Gasteiger partial charge in [-0.1, -0.05) is 42.8 Å². The van der Waals surface area contributed by atoms with Gasteiger partial charge in [0.25, 0.3) is 5.91 Å². The van der Waals surface area contributed by atoms with Crippen LogP contribution >= 0.6 is 15.9 Å². The number of hydrogen-bond acceptors (Lipinski definition) is 3. The monoisotopic (exact) mass is 416 g/mol. The van der Waals surface area contributed by atoms with Gasteiger partial charge in [0, 0.05) is 22.2 Å². The van der Waals surface area contributed by atoms with Crippen LogP contribution in [0.2, 0.25) is 0 Å². The van der Waals surface area contributed by atoms with Crippen molar-refractivity contribution in [2.75, 3.05) is 5.32 Å². The summed E-state index contributed by atoms with van der Waals surface area (Å²) in [7, 11) is 0. The summed E-state index contributed by atoms with van der Waals surface area (Å²) >= 11 is 3.26. The van der Waals surface area contributed by atoms with E-state index in [-0.39, 0.29) is 11.0 Å². The zero-order chi connectivity index (χ0) is 18.9. The van der Waals surface area contributed by atoms with Crippen molar-refractivity contribution in [1.29, 1.82) is 0 Å². The Balaban J connectivity index is 2.02. The van der Waals surface area contributed by atoms with Crippen LogP contribution in [0.15, 0.2) is 53.1 Å². The van der Waals surface area contributed by atoms with Gasteiger partial charge in [0.15, 0.2) is 5.82 Å². The van der Waals surface area contributed by atoms with E-state index in [4.69, 9.17) is 0 Å². The first kappa shape index (κ1) is 18.3. The Morgan fingerprint density at radius 1 is 1.19 bits per heavy atom. The normalized spacial score (nSPS) is 11.4. The van der Waals surface area contributed by atoms with Crippen LogP contribution in [-0.2, 0) is 5.41 Å². The minimum atomic E-state index is -0.592. The highest BCUT2D eigenvalue weighted by Gasteiger charge is 2.23. The van der Waals surface area contributed by atoms with E-state index in [1.165, 1.54) is 12.1 Å². The molecule has 2 heterocycles. The summed E-state index contributed by atoms with van der Waals surface area (Å²) in [6.45, 7) is 6.08. The molecule has 7 heteroatoms. The number of hydrogen-bond donors (Lipinski definition) is 1. The average molecular weight is 417 g/mol. The Morgan fingerprint density at radius 3 is 2.62 bits per heavy atom. The van der Waals surface area contributed by atoms with Gasteiger partial charge in [-0.25, -0.2) is 9.37 Å². The molecule has 0 unspecified atom stereocenters. The summed E-state index contributed by atoms with van der Waals surface area (Å²) in [6, 6.07) is 11.4. The van der Waals surface area contributed by atoms with Gasteiger partial charge in [-0.05, 0) is 30.3 Å². The number of carbonyl (C=O) groups excluding carboxylic acids is 1. The van der Waals surface area contributed by atoms with Crippen molar-refractivity contribution in [3.05, 3.63) is 70.2 Å². The van der Waals surface area contributed by atoms with Crippen molar-refractivity contribution in [3.63, 3.8) is 0 Å². The van der Waals surface area contributed by atoms with Crippen molar-refractivity contribution < 1.29 is 9.18 Å². The maximum absolute atomic E-state index is 14.0. The molecule has 0 aliphatic carbocycles. The molecule has 3 aromatic rings. The lowest BCUT2D eigenvalue weighted by molar-refractivity contribution is 0.102. The van der Waals surface area contributed by atoms with Gasteiger partial charge in [-0.2, -0.15) is 9.78 Å². The highest BCUT2D eigenvalue weighted by molar-refractivity contribution is 9.10. The predicted molar refractivity (Wildman–Crippen MR) is 102 cm³/mol. The molecule has 0 radical (unpaired) electrons. The van der Waals surface area contributed by atoms with E-state index in [0.29, 0.717) is 16.1 Å². The lowest BCUT2D eigenvalue weighted by Gasteiger charge is -2.13. The summed E-state index contributed by atoms with van der Waals surface area (Å²) < 4.78 is 16.2. The fourth-order valence-electron chi connectivity index (χ4n) is 2.35. The molecule has 0 aliphatic heterocycles. The highest BCUT2D eigenvalue weighted by atomic mass is 79.9. The van der Waals surface area contributed by atoms with Crippen LogP contribution in [0, 0.1) is 5.82 Å². The quantitative estimate of drug-likeness (QED) is 0.671. The average Bonchev–Trinajstić information content (AvgIpc) is 3.02. The lowest BCUT2D eigenvalue weighted by Crippen LogP contribution is -2.17. The van der Waals surface area contributed by atoms with E-state index < -0.39 is 11.7 Å². The van der Waals surface area contributed by atoms with E-state index >= 15 is 0 Å². The second-order valence-corrected chi connectivity index (χ2v) is 7.76. The standard InChI is InChI=1S/C19H18BrFN4O/c1-19(2,3)15-11-17(25(24-15)16-6-4-5-9-22-16)23-18(26)13-10-12(20)7-8-14(13)21/h4-11H,1-3H3,(H,23,26). The van der Waals surface area contributed by atoms with Crippen LogP contribution < -0.4 is 5.32 Å². The third-order valence-corrected chi connectivity index (χ3v) is 4.25. The third kappa shape index (κ3) is 3.83. The molecule has 0 bridgehead atoms. The number of pyridine rings is 1. The molecule has 0 aliphatic rings. The zero-order valence-electron chi connectivity index (χ0n) is 14.6. The van der Waals surface area contributed by atoms with Crippen LogP contribution in [-0.4, -0.2) is 20.7 Å². The maximum atomic E-state index is 14.0. The number of rotatable bonds is 3. The summed E-state index contributed by atoms with van der Waals surface area (Å²) in [5.41, 5.74) is 0.513. The van der Waals surface area contributed by atoms with Crippen molar-refractivity contribution >= 4 is 27.7 Å². The zero-order valence-corrected chi connectivity index (χ0v) is 16.2. The summed E-state index contributed by atoms with van der Waals surface area (Å²) in [6.07, 6.45) is 1.65. The molecular weight excluding hydrogens is 399 g/mol. The molecule has 0 saturated carbocycles. The van der Waals surface area contributed by atoms with Gasteiger partial charge in [0.05, 0.1) is 11.3 Å². The SMILES string of the molecule is CC(C)(C)c1cc(NC(=O)c2cc(Br)ccc2F)n(-c2ccccn2)n1. The smallest absolute Gasteiger partial charge is 0.259 e. The molecule has 1 aromatic carbocycles. The number of halogens is 2. The number of anilines is 1. The summed E-state index contributed by atoms with van der Waals surface area (Å²) in [5.74, 6) is -0.155. The first-order chi connectivity index (χ1) is 12.3. The number of nitrogens with zero attached hydrogens (tertiary/aromatic N) is 3. The topological polar surface area (TPSA) is 59.8 Å². The maximum Gasteiger partial charge on any atom is 0.259 e. The molecule has 0 saturated heterocycles. The first-order valence-corrected chi connectivity index (χ1v) is 8.83. The third-order valence-electron chi connectivity index (χ3n) is 3.76. The molecule has 2 aromatic heterocycles. The Bertz CT molecular complexity index is 948. The van der Waals surface area contributed by atoms with Crippen LogP contribution in [0.25, 0.3) is 5.82 Å². The Kier molecular flexibility index (Phi) is 4.91. The molecule has 5 nitrogen and oxygen atoms in total. The highest BCUT2D eigenvalue weighted by Crippen LogP contribution is 2.26. The van der Waals surface area contributed by atoms with Gasteiger partial charge in [-0.3, -0.25) is 4.79 Å². The minimum absolute atomic E-state index is 0.0505. The lowest BCUT2D eigenvalue weighted by atomic mass is 9.92. The van der Waals surface area contributed by atoms with Gasteiger partial charge in [0.2, 0.25) is 0 Å². The largest absolute Gasteiger partial charge is 0.306 e. The van der Waals surface area contributed by atoms with Gasteiger partial charge < -0.3 is 5.32 Å². The molecule has 0 fully saturated rings. The Labute approximate surface area is 159 Å². The van der Waals surface area contributed by atoms with E-state index in [9.17, 15) is 9.18 Å². The van der Waals surface area contributed by atoms with E-state index in [1.54, 1.807) is 35.1 Å². The van der Waals surface area contributed by atoms with E-state index in [1.807, 2.05) is 26.8 Å². The fourth-order valence-corrected chi connectivity index (χ4v) is 2.71. The number of carbonyl (C=O) groups is 1. The Hall–Kier alpha value is -2.54. The molecule has 26 heavy (non-hydrogen) atoms. The van der Waals surface area contributed by atoms with E-state index in [0.717, 1.165) is 5.69 Å². The second-order valence-electron chi connectivity index (χ2n) is 6.84. The number of nitrogens with one attached hydrogen (secondary N) is 1. The number of amides is 1. The molecule has 1 amide bonds. The molecule has 3 rings (SSSR count). The van der Waals surface area contributed by atoms with Crippen molar-refractivity contribution in [2.45, 2.75) is 26.2 Å². The van der Waals surface area contributed by atoms with E-state index in [2.05, 4.69) is 31.3 Å². The van der Waals surface area contributed by atoms with Gasteiger partial charge in [0.1, 0.15) is 11.6 Å². The van der Waals surface area contributed by atoms with Crippen LogP contribution in [0.4, 0.5) is 10.2 Å².